The number of aryl methyl sites for hydroxylation is 1. The van der Waals surface area contributed by atoms with Crippen molar-refractivity contribution in [2.24, 2.45) is 0 Å². The second-order valence-electron chi connectivity index (χ2n) is 6.12. The van der Waals surface area contributed by atoms with Crippen molar-refractivity contribution in [1.82, 2.24) is 20.1 Å². The maximum atomic E-state index is 12.2. The first-order chi connectivity index (χ1) is 12.5. The SMILES string of the molecule is Cc1nn(CC(=O)NCCc2c[nH]c3ccccc23)c(=O)c(C#N)c1C. The van der Waals surface area contributed by atoms with Gasteiger partial charge in [0.05, 0.1) is 5.69 Å². The predicted molar refractivity (Wildman–Crippen MR) is 97.7 cm³/mol. The van der Waals surface area contributed by atoms with E-state index in [1.807, 2.05) is 36.5 Å². The lowest BCUT2D eigenvalue weighted by Crippen LogP contribution is -2.36. The quantitative estimate of drug-likeness (QED) is 0.729. The Hall–Kier alpha value is -3.40. The lowest BCUT2D eigenvalue weighted by Gasteiger charge is -2.09. The van der Waals surface area contributed by atoms with Gasteiger partial charge in [0.1, 0.15) is 18.2 Å². The number of nitrogens with zero attached hydrogens (tertiary/aromatic N) is 3. The number of fused-ring (bicyclic) bond motifs is 1. The third-order valence-corrected chi connectivity index (χ3v) is 4.43. The van der Waals surface area contributed by atoms with Gasteiger partial charge in [0.2, 0.25) is 5.91 Å². The maximum Gasteiger partial charge on any atom is 0.285 e. The van der Waals surface area contributed by atoms with E-state index in [9.17, 15) is 9.59 Å². The van der Waals surface area contributed by atoms with Gasteiger partial charge in [0.15, 0.2) is 0 Å². The van der Waals surface area contributed by atoms with Crippen molar-refractivity contribution in [3.8, 4) is 6.07 Å². The molecule has 0 bridgehead atoms. The van der Waals surface area contributed by atoms with Crippen LogP contribution in [0.5, 0.6) is 0 Å². The van der Waals surface area contributed by atoms with Crippen LogP contribution in [0.3, 0.4) is 0 Å². The van der Waals surface area contributed by atoms with Crippen LogP contribution in [-0.4, -0.2) is 27.2 Å². The van der Waals surface area contributed by atoms with Crippen LogP contribution in [0.15, 0.2) is 35.3 Å². The van der Waals surface area contributed by atoms with Crippen molar-refractivity contribution in [2.75, 3.05) is 6.54 Å². The molecule has 1 aromatic carbocycles. The maximum absolute atomic E-state index is 12.2. The van der Waals surface area contributed by atoms with Crippen molar-refractivity contribution in [1.29, 1.82) is 5.26 Å². The molecule has 26 heavy (non-hydrogen) atoms. The van der Waals surface area contributed by atoms with E-state index in [4.69, 9.17) is 5.26 Å². The Kier molecular flexibility index (Phi) is 4.85. The number of para-hydroxylation sites is 1. The fraction of sp³-hybridized carbons (Fsp3) is 0.263. The van der Waals surface area contributed by atoms with Gasteiger partial charge in [-0.25, -0.2) is 4.68 Å². The summed E-state index contributed by atoms with van der Waals surface area (Å²) in [5.74, 6) is -0.313. The summed E-state index contributed by atoms with van der Waals surface area (Å²) in [6, 6.07) is 9.86. The van der Waals surface area contributed by atoms with Gasteiger partial charge in [-0.15, -0.1) is 0 Å². The average Bonchev–Trinajstić information content (AvgIpc) is 3.03. The van der Waals surface area contributed by atoms with Crippen molar-refractivity contribution in [3.63, 3.8) is 0 Å². The van der Waals surface area contributed by atoms with Gasteiger partial charge >= 0.3 is 0 Å². The summed E-state index contributed by atoms with van der Waals surface area (Å²) in [7, 11) is 0. The minimum Gasteiger partial charge on any atom is -0.361 e. The van der Waals surface area contributed by atoms with Gasteiger partial charge < -0.3 is 10.3 Å². The molecule has 2 heterocycles. The Morgan fingerprint density at radius 3 is 2.88 bits per heavy atom. The van der Waals surface area contributed by atoms with E-state index in [2.05, 4.69) is 15.4 Å². The number of nitriles is 1. The third kappa shape index (κ3) is 3.35. The van der Waals surface area contributed by atoms with Gasteiger partial charge in [-0.05, 0) is 37.5 Å². The Bertz CT molecular complexity index is 1070. The molecule has 0 radical (unpaired) electrons. The Morgan fingerprint density at radius 2 is 2.12 bits per heavy atom. The Labute approximate surface area is 150 Å². The molecule has 0 spiro atoms. The van der Waals surface area contributed by atoms with E-state index in [1.54, 1.807) is 13.8 Å². The van der Waals surface area contributed by atoms with Gasteiger partial charge in [-0.3, -0.25) is 9.59 Å². The first-order valence-electron chi connectivity index (χ1n) is 8.31. The number of amides is 1. The minimum atomic E-state index is -0.539. The average molecular weight is 349 g/mol. The zero-order chi connectivity index (χ0) is 18.7. The number of nitrogens with one attached hydrogen (secondary N) is 2. The number of benzene rings is 1. The summed E-state index contributed by atoms with van der Waals surface area (Å²) in [6.45, 7) is 3.63. The Balaban J connectivity index is 1.64. The number of aromatic amines is 1. The molecule has 3 aromatic rings. The Morgan fingerprint density at radius 1 is 1.35 bits per heavy atom. The van der Waals surface area contributed by atoms with Gasteiger partial charge in [0, 0.05) is 23.6 Å². The van der Waals surface area contributed by atoms with Crippen LogP contribution in [-0.2, 0) is 17.8 Å². The third-order valence-electron chi connectivity index (χ3n) is 4.43. The molecule has 2 N–H and O–H groups in total. The molecule has 0 saturated carbocycles. The van der Waals surface area contributed by atoms with Crippen LogP contribution in [0.25, 0.3) is 10.9 Å². The molecule has 7 nitrogen and oxygen atoms in total. The molecule has 0 aliphatic heterocycles. The molecular formula is C19H19N5O2. The van der Waals surface area contributed by atoms with Gasteiger partial charge in [-0.2, -0.15) is 10.4 Å². The molecule has 0 unspecified atom stereocenters. The smallest absolute Gasteiger partial charge is 0.285 e. The zero-order valence-corrected chi connectivity index (χ0v) is 14.7. The number of carbonyl (C=O) groups excluding carboxylic acids is 1. The van der Waals surface area contributed by atoms with Gasteiger partial charge in [-0.1, -0.05) is 18.2 Å². The lowest BCUT2D eigenvalue weighted by molar-refractivity contribution is -0.121. The van der Waals surface area contributed by atoms with Crippen LogP contribution in [0.4, 0.5) is 0 Å². The van der Waals surface area contributed by atoms with Crippen molar-refractivity contribution < 1.29 is 4.79 Å². The van der Waals surface area contributed by atoms with Crippen LogP contribution in [0.1, 0.15) is 22.4 Å². The highest BCUT2D eigenvalue weighted by molar-refractivity contribution is 5.83. The van der Waals surface area contributed by atoms with Gasteiger partial charge in [0.25, 0.3) is 5.56 Å². The highest BCUT2D eigenvalue weighted by Gasteiger charge is 2.13. The summed E-state index contributed by atoms with van der Waals surface area (Å²) in [6.07, 6.45) is 2.61. The molecular weight excluding hydrogens is 330 g/mol. The number of hydrogen-bond donors (Lipinski definition) is 2. The minimum absolute atomic E-state index is 0.0316. The largest absolute Gasteiger partial charge is 0.361 e. The number of hydrogen-bond acceptors (Lipinski definition) is 4. The van der Waals surface area contributed by atoms with E-state index in [-0.39, 0.29) is 18.0 Å². The molecule has 0 aliphatic rings. The van der Waals surface area contributed by atoms with Crippen molar-refractivity contribution in [3.05, 3.63) is 63.2 Å². The van der Waals surface area contributed by atoms with E-state index in [1.165, 1.54) is 0 Å². The first kappa shape index (κ1) is 17.4. The number of H-pyrrole nitrogens is 1. The topological polar surface area (TPSA) is 104 Å². The summed E-state index contributed by atoms with van der Waals surface area (Å²) in [4.78, 5) is 27.6. The fourth-order valence-corrected chi connectivity index (χ4v) is 2.88. The molecule has 2 aromatic heterocycles. The molecule has 0 aliphatic carbocycles. The predicted octanol–water partition coefficient (Wildman–Crippen LogP) is 1.57. The highest BCUT2D eigenvalue weighted by Crippen LogP contribution is 2.17. The van der Waals surface area contributed by atoms with Crippen LogP contribution >= 0.6 is 0 Å². The normalized spacial score (nSPS) is 10.7. The molecule has 132 valence electrons. The van der Waals surface area contributed by atoms with E-state index in [0.29, 0.717) is 24.2 Å². The van der Waals surface area contributed by atoms with E-state index < -0.39 is 5.56 Å². The fourth-order valence-electron chi connectivity index (χ4n) is 2.88. The lowest BCUT2D eigenvalue weighted by atomic mass is 10.1. The van der Waals surface area contributed by atoms with Crippen LogP contribution < -0.4 is 10.9 Å². The highest BCUT2D eigenvalue weighted by atomic mass is 16.2. The summed E-state index contributed by atoms with van der Waals surface area (Å²) < 4.78 is 1.04. The van der Waals surface area contributed by atoms with Crippen LogP contribution in [0.2, 0.25) is 0 Å². The molecule has 0 fully saturated rings. The molecule has 7 heteroatoms. The molecule has 0 saturated heterocycles. The zero-order valence-electron chi connectivity index (χ0n) is 14.7. The first-order valence-corrected chi connectivity index (χ1v) is 8.31. The standard InChI is InChI=1S/C19H19N5O2/c1-12-13(2)23-24(19(26)16(12)9-20)11-18(25)21-8-7-14-10-22-17-6-4-3-5-15(14)17/h3-6,10,22H,7-8,11H2,1-2H3,(H,21,25). The van der Waals surface area contributed by atoms with E-state index >= 15 is 0 Å². The number of rotatable bonds is 5. The second kappa shape index (κ2) is 7.23. The molecule has 1 amide bonds. The van der Waals surface area contributed by atoms with Crippen LogP contribution in [0, 0.1) is 25.2 Å². The number of aromatic nitrogens is 3. The monoisotopic (exact) mass is 349 g/mol. The van der Waals surface area contributed by atoms with Crippen molar-refractivity contribution in [2.45, 2.75) is 26.8 Å². The second-order valence-corrected chi connectivity index (χ2v) is 6.12. The summed E-state index contributed by atoms with van der Waals surface area (Å²) >= 11 is 0. The summed E-state index contributed by atoms with van der Waals surface area (Å²) in [5, 5.41) is 17.2. The van der Waals surface area contributed by atoms with E-state index in [0.717, 1.165) is 21.1 Å². The van der Waals surface area contributed by atoms with Crippen molar-refractivity contribution >= 4 is 16.8 Å². The number of carbonyl (C=O) groups is 1. The summed E-state index contributed by atoms with van der Waals surface area (Å²) in [5.41, 5.74) is 2.78. The molecule has 3 rings (SSSR count). The molecule has 0 atom stereocenters.